The Morgan fingerprint density at radius 3 is 2.22 bits per heavy atom. The van der Waals surface area contributed by atoms with Crippen LogP contribution in [0.3, 0.4) is 0 Å². The van der Waals surface area contributed by atoms with Gasteiger partial charge in [-0.05, 0) is 63.5 Å². The third-order valence-electron chi connectivity index (χ3n) is 3.62. The molecular weight excluding hydrogens is 310 g/mol. The van der Waals surface area contributed by atoms with Crippen LogP contribution in [0.2, 0.25) is 0 Å². The molecule has 5 nitrogen and oxygen atoms in total. The van der Waals surface area contributed by atoms with Crippen molar-refractivity contribution < 1.29 is 9.59 Å². The van der Waals surface area contributed by atoms with Crippen LogP contribution in [0.5, 0.6) is 0 Å². The number of hydrogen-bond acceptors (Lipinski definition) is 5. The molecule has 0 N–H and O–H groups in total. The van der Waals surface area contributed by atoms with E-state index >= 15 is 0 Å². The Kier molecular flexibility index (Phi) is 5.85. The molecule has 1 aromatic carbocycles. The number of benzene rings is 1. The molecule has 0 atom stereocenters. The van der Waals surface area contributed by atoms with E-state index < -0.39 is 0 Å². The molecule has 23 heavy (non-hydrogen) atoms. The topological polar surface area (TPSA) is 43.9 Å². The standard InChI is InChI=1S/C17H23N3O2S/c1-5-19(6-2)14-9-7-13(8-10-14)11-15-16(21)20(12-18(3)4)17(22)23-15/h7-11H,5-6,12H2,1-4H3/b15-11-. The van der Waals surface area contributed by atoms with Crippen molar-refractivity contribution in [3.8, 4) is 0 Å². The molecule has 1 saturated heterocycles. The van der Waals surface area contributed by atoms with Gasteiger partial charge in [-0.2, -0.15) is 0 Å². The summed E-state index contributed by atoms with van der Waals surface area (Å²) >= 11 is 1.000. The Morgan fingerprint density at radius 2 is 1.70 bits per heavy atom. The van der Waals surface area contributed by atoms with Gasteiger partial charge in [-0.25, -0.2) is 0 Å². The van der Waals surface area contributed by atoms with Gasteiger partial charge in [0.05, 0.1) is 11.6 Å². The van der Waals surface area contributed by atoms with Gasteiger partial charge >= 0.3 is 0 Å². The summed E-state index contributed by atoms with van der Waals surface area (Å²) in [7, 11) is 3.66. The van der Waals surface area contributed by atoms with E-state index in [0.717, 1.165) is 36.1 Å². The molecule has 0 aliphatic carbocycles. The number of anilines is 1. The number of rotatable bonds is 6. The first kappa shape index (κ1) is 17.6. The Bertz CT molecular complexity index is 607. The van der Waals surface area contributed by atoms with E-state index in [2.05, 4.69) is 18.7 Å². The van der Waals surface area contributed by atoms with Crippen molar-refractivity contribution >= 4 is 34.7 Å². The summed E-state index contributed by atoms with van der Waals surface area (Å²) in [5.41, 5.74) is 2.09. The fraction of sp³-hybridized carbons (Fsp3) is 0.412. The molecule has 0 aromatic heterocycles. The number of thioether (sulfide) groups is 1. The summed E-state index contributed by atoms with van der Waals surface area (Å²) in [6.45, 7) is 6.47. The largest absolute Gasteiger partial charge is 0.372 e. The fourth-order valence-electron chi connectivity index (χ4n) is 2.43. The second kappa shape index (κ2) is 7.66. The summed E-state index contributed by atoms with van der Waals surface area (Å²) in [6, 6.07) is 8.05. The van der Waals surface area contributed by atoms with Crippen molar-refractivity contribution in [1.82, 2.24) is 9.80 Å². The summed E-state index contributed by atoms with van der Waals surface area (Å²) in [6.07, 6.45) is 1.78. The molecule has 0 spiro atoms. The minimum atomic E-state index is -0.221. The third kappa shape index (κ3) is 4.14. The highest BCUT2D eigenvalue weighted by Crippen LogP contribution is 2.32. The van der Waals surface area contributed by atoms with Crippen LogP contribution in [0, 0.1) is 0 Å². The molecular formula is C17H23N3O2S. The van der Waals surface area contributed by atoms with Crippen LogP contribution in [0.25, 0.3) is 6.08 Å². The first-order valence-electron chi connectivity index (χ1n) is 7.71. The fourth-order valence-corrected chi connectivity index (χ4v) is 3.26. The Balaban J connectivity index is 2.16. The number of carbonyl (C=O) groups excluding carboxylic acids is 2. The smallest absolute Gasteiger partial charge is 0.294 e. The van der Waals surface area contributed by atoms with Crippen LogP contribution in [-0.2, 0) is 4.79 Å². The summed E-state index contributed by atoms with van der Waals surface area (Å²) in [5, 5.41) is -0.213. The molecule has 0 saturated carbocycles. The number of amides is 2. The third-order valence-corrected chi connectivity index (χ3v) is 4.52. The molecule has 1 aliphatic heterocycles. The zero-order valence-corrected chi connectivity index (χ0v) is 14.9. The second-order valence-electron chi connectivity index (χ2n) is 5.59. The van der Waals surface area contributed by atoms with Gasteiger partial charge in [-0.1, -0.05) is 12.1 Å². The monoisotopic (exact) mass is 333 g/mol. The molecule has 0 radical (unpaired) electrons. The lowest BCUT2D eigenvalue weighted by Gasteiger charge is -2.20. The molecule has 1 aromatic rings. The van der Waals surface area contributed by atoms with Crippen LogP contribution >= 0.6 is 11.8 Å². The van der Waals surface area contributed by atoms with Crippen LogP contribution in [0.15, 0.2) is 29.2 Å². The van der Waals surface area contributed by atoms with E-state index in [9.17, 15) is 9.59 Å². The zero-order valence-electron chi connectivity index (χ0n) is 14.1. The number of hydrogen-bond donors (Lipinski definition) is 0. The van der Waals surface area contributed by atoms with Gasteiger partial charge in [0, 0.05) is 18.8 Å². The van der Waals surface area contributed by atoms with Crippen molar-refractivity contribution in [2.24, 2.45) is 0 Å². The average Bonchev–Trinajstić information content (AvgIpc) is 2.77. The molecule has 2 rings (SSSR count). The van der Waals surface area contributed by atoms with Crippen molar-refractivity contribution in [1.29, 1.82) is 0 Å². The normalized spacial score (nSPS) is 16.7. The highest BCUT2D eigenvalue weighted by Gasteiger charge is 2.35. The van der Waals surface area contributed by atoms with Gasteiger partial charge < -0.3 is 4.90 Å². The lowest BCUT2D eigenvalue weighted by molar-refractivity contribution is -0.123. The van der Waals surface area contributed by atoms with Crippen molar-refractivity contribution in [2.45, 2.75) is 13.8 Å². The second-order valence-corrected chi connectivity index (χ2v) is 6.59. The van der Waals surface area contributed by atoms with E-state index in [4.69, 9.17) is 0 Å². The maximum atomic E-state index is 12.3. The van der Waals surface area contributed by atoms with Crippen molar-refractivity contribution in [3.05, 3.63) is 34.7 Å². The predicted molar refractivity (Wildman–Crippen MR) is 96.4 cm³/mol. The molecule has 124 valence electrons. The van der Waals surface area contributed by atoms with E-state index in [1.165, 1.54) is 4.90 Å². The maximum absolute atomic E-state index is 12.3. The highest BCUT2D eigenvalue weighted by molar-refractivity contribution is 8.18. The highest BCUT2D eigenvalue weighted by atomic mass is 32.2. The molecule has 0 bridgehead atoms. The quantitative estimate of drug-likeness (QED) is 0.749. The first-order chi connectivity index (χ1) is 11.0. The first-order valence-corrected chi connectivity index (χ1v) is 8.53. The zero-order chi connectivity index (χ0) is 17.0. The lowest BCUT2D eigenvalue weighted by atomic mass is 10.1. The van der Waals surface area contributed by atoms with Gasteiger partial charge in [-0.15, -0.1) is 0 Å². The Labute approximate surface area is 141 Å². The van der Waals surface area contributed by atoms with Crippen molar-refractivity contribution in [3.63, 3.8) is 0 Å². The van der Waals surface area contributed by atoms with E-state index in [-0.39, 0.29) is 11.1 Å². The Morgan fingerprint density at radius 1 is 1.09 bits per heavy atom. The SMILES string of the molecule is CCN(CC)c1ccc(/C=C2\SC(=O)N(CN(C)C)C2=O)cc1. The van der Waals surface area contributed by atoms with E-state index in [1.54, 1.807) is 11.0 Å². The molecule has 0 unspecified atom stereocenters. The molecule has 1 fully saturated rings. The molecule has 6 heteroatoms. The van der Waals surface area contributed by atoms with E-state index in [1.807, 2.05) is 38.4 Å². The van der Waals surface area contributed by atoms with Gasteiger partial charge in [0.2, 0.25) is 0 Å². The van der Waals surface area contributed by atoms with Gasteiger partial charge in [0.15, 0.2) is 0 Å². The van der Waals surface area contributed by atoms with Crippen LogP contribution in [0.1, 0.15) is 19.4 Å². The predicted octanol–water partition coefficient (Wildman–Crippen LogP) is 3.09. The summed E-state index contributed by atoms with van der Waals surface area (Å²) < 4.78 is 0. The van der Waals surface area contributed by atoms with Crippen LogP contribution in [-0.4, -0.2) is 54.8 Å². The van der Waals surface area contributed by atoms with Crippen LogP contribution in [0.4, 0.5) is 10.5 Å². The molecule has 2 amide bonds. The van der Waals surface area contributed by atoms with Gasteiger partial charge in [-0.3, -0.25) is 19.4 Å². The number of imide groups is 1. The maximum Gasteiger partial charge on any atom is 0.294 e. The minimum absolute atomic E-state index is 0.213. The van der Waals surface area contributed by atoms with Gasteiger partial charge in [0.25, 0.3) is 11.1 Å². The molecule has 1 aliphatic rings. The number of nitrogens with zero attached hydrogens (tertiary/aromatic N) is 3. The van der Waals surface area contributed by atoms with Crippen LogP contribution < -0.4 is 4.90 Å². The van der Waals surface area contributed by atoms with E-state index in [0.29, 0.717) is 11.6 Å². The van der Waals surface area contributed by atoms with Gasteiger partial charge in [0.1, 0.15) is 0 Å². The van der Waals surface area contributed by atoms with Crippen molar-refractivity contribution in [2.75, 3.05) is 38.8 Å². The minimum Gasteiger partial charge on any atom is -0.372 e. The number of carbonyl (C=O) groups is 2. The summed E-state index contributed by atoms with van der Waals surface area (Å²) in [4.78, 5) is 30.0. The Hall–Kier alpha value is -1.79. The molecule has 1 heterocycles. The lowest BCUT2D eigenvalue weighted by Crippen LogP contribution is -2.36. The average molecular weight is 333 g/mol. The summed E-state index contributed by atoms with van der Waals surface area (Å²) in [5.74, 6) is -0.221.